The molecule has 100 valence electrons. The number of carbonyl (C=O) groups excluding carboxylic acids is 1. The Morgan fingerprint density at radius 3 is 2.63 bits per heavy atom. The van der Waals surface area contributed by atoms with Crippen LogP contribution < -0.4 is 5.32 Å². The van der Waals surface area contributed by atoms with Crippen LogP contribution in [0.2, 0.25) is 0 Å². The van der Waals surface area contributed by atoms with Crippen molar-refractivity contribution in [2.75, 3.05) is 0 Å². The van der Waals surface area contributed by atoms with Crippen LogP contribution in [0.5, 0.6) is 0 Å². The largest absolute Gasteiger partial charge is 0.349 e. The Balaban J connectivity index is 1.50. The van der Waals surface area contributed by atoms with E-state index >= 15 is 0 Å². The molecular weight excluding hydrogens is 302 g/mol. The minimum Gasteiger partial charge on any atom is -0.349 e. The Labute approximate surface area is 122 Å². The summed E-state index contributed by atoms with van der Waals surface area (Å²) in [5.74, 6) is 3.52. The highest BCUT2D eigenvalue weighted by atomic mass is 79.9. The summed E-state index contributed by atoms with van der Waals surface area (Å²) in [6.45, 7) is 2.00. The van der Waals surface area contributed by atoms with Gasteiger partial charge in [0.25, 0.3) is 5.91 Å². The molecule has 0 heterocycles. The van der Waals surface area contributed by atoms with Gasteiger partial charge in [-0.2, -0.15) is 0 Å². The second-order valence-corrected chi connectivity index (χ2v) is 7.25. The van der Waals surface area contributed by atoms with Crippen molar-refractivity contribution < 1.29 is 4.79 Å². The summed E-state index contributed by atoms with van der Waals surface area (Å²) in [7, 11) is 0. The maximum atomic E-state index is 12.4. The van der Waals surface area contributed by atoms with Crippen LogP contribution in [0.1, 0.15) is 35.2 Å². The summed E-state index contributed by atoms with van der Waals surface area (Å²) >= 11 is 3.49. The lowest BCUT2D eigenvalue weighted by Crippen LogP contribution is -2.30. The standard InChI is InChI=1S/C16H18BrNO/c1-8-11(3-2-4-12(8)17)16(19)18-15-13-9-5-6-10(7-9)14(13)15/h2-4,9-10,13-15H,5-7H2,1H3,(H,18,19). The lowest BCUT2D eigenvalue weighted by molar-refractivity contribution is 0.0943. The molecule has 19 heavy (non-hydrogen) atoms. The average Bonchev–Trinajstić information content (AvgIpc) is 2.81. The summed E-state index contributed by atoms with van der Waals surface area (Å²) in [6.07, 6.45) is 4.22. The summed E-state index contributed by atoms with van der Waals surface area (Å²) < 4.78 is 1.01. The van der Waals surface area contributed by atoms with E-state index in [-0.39, 0.29) is 5.91 Å². The third-order valence-corrected chi connectivity index (χ3v) is 6.40. The Hall–Kier alpha value is -0.830. The molecule has 3 aliphatic rings. The molecule has 4 atom stereocenters. The number of hydrogen-bond donors (Lipinski definition) is 1. The van der Waals surface area contributed by atoms with Crippen LogP contribution in [0.4, 0.5) is 0 Å². The van der Waals surface area contributed by atoms with E-state index in [2.05, 4.69) is 21.2 Å². The molecule has 1 amide bonds. The van der Waals surface area contributed by atoms with Crippen LogP contribution in [0.25, 0.3) is 0 Å². The van der Waals surface area contributed by atoms with E-state index < -0.39 is 0 Å². The van der Waals surface area contributed by atoms with Crippen molar-refractivity contribution in [1.29, 1.82) is 0 Å². The van der Waals surface area contributed by atoms with E-state index in [9.17, 15) is 4.79 Å². The van der Waals surface area contributed by atoms with Gasteiger partial charge in [-0.05, 0) is 67.6 Å². The van der Waals surface area contributed by atoms with Crippen molar-refractivity contribution in [3.63, 3.8) is 0 Å². The highest BCUT2D eigenvalue weighted by Gasteiger charge is 2.65. The van der Waals surface area contributed by atoms with Crippen molar-refractivity contribution in [3.8, 4) is 0 Å². The van der Waals surface area contributed by atoms with Gasteiger partial charge in [0.1, 0.15) is 0 Å². The highest BCUT2D eigenvalue weighted by Crippen LogP contribution is 2.65. The van der Waals surface area contributed by atoms with E-state index in [0.717, 1.165) is 39.3 Å². The number of amides is 1. The van der Waals surface area contributed by atoms with Crippen molar-refractivity contribution in [1.82, 2.24) is 5.32 Å². The van der Waals surface area contributed by atoms with Crippen LogP contribution >= 0.6 is 15.9 Å². The first kappa shape index (κ1) is 12.0. The Kier molecular flexibility index (Phi) is 2.57. The number of benzene rings is 1. The Morgan fingerprint density at radius 1 is 1.26 bits per heavy atom. The Morgan fingerprint density at radius 2 is 1.95 bits per heavy atom. The van der Waals surface area contributed by atoms with Crippen LogP contribution in [0, 0.1) is 30.6 Å². The fourth-order valence-electron chi connectivity index (χ4n) is 4.60. The van der Waals surface area contributed by atoms with Gasteiger partial charge in [-0.1, -0.05) is 22.0 Å². The molecule has 1 N–H and O–H groups in total. The van der Waals surface area contributed by atoms with Crippen molar-refractivity contribution in [2.45, 2.75) is 32.2 Å². The molecule has 3 aliphatic carbocycles. The molecule has 0 radical (unpaired) electrons. The highest BCUT2D eigenvalue weighted by molar-refractivity contribution is 9.10. The zero-order chi connectivity index (χ0) is 13.1. The molecular formula is C16H18BrNO. The minimum absolute atomic E-state index is 0.109. The zero-order valence-corrected chi connectivity index (χ0v) is 12.6. The first-order valence-electron chi connectivity index (χ1n) is 7.23. The number of fused-ring (bicyclic) bond motifs is 5. The molecule has 0 aliphatic heterocycles. The lowest BCUT2D eigenvalue weighted by Gasteiger charge is -2.12. The second-order valence-electron chi connectivity index (χ2n) is 6.40. The van der Waals surface area contributed by atoms with Gasteiger partial charge in [0.05, 0.1) is 0 Å². The SMILES string of the molecule is Cc1c(Br)cccc1C(=O)NC1C2C3CCC(C3)C12. The van der Waals surface area contributed by atoms with E-state index in [0.29, 0.717) is 6.04 Å². The number of nitrogens with one attached hydrogen (secondary N) is 1. The van der Waals surface area contributed by atoms with Gasteiger partial charge in [0.2, 0.25) is 0 Å². The average molecular weight is 320 g/mol. The van der Waals surface area contributed by atoms with E-state index in [1.807, 2.05) is 25.1 Å². The lowest BCUT2D eigenvalue weighted by atomic mass is 10.0. The molecule has 0 aromatic heterocycles. The topological polar surface area (TPSA) is 29.1 Å². The summed E-state index contributed by atoms with van der Waals surface area (Å²) in [4.78, 5) is 12.4. The molecule has 2 bridgehead atoms. The molecule has 2 nitrogen and oxygen atoms in total. The van der Waals surface area contributed by atoms with E-state index in [4.69, 9.17) is 0 Å². The predicted octanol–water partition coefficient (Wildman–Crippen LogP) is 3.53. The van der Waals surface area contributed by atoms with Gasteiger partial charge in [-0.25, -0.2) is 0 Å². The monoisotopic (exact) mass is 319 g/mol. The number of rotatable bonds is 2. The molecule has 4 unspecified atom stereocenters. The van der Waals surface area contributed by atoms with Gasteiger partial charge >= 0.3 is 0 Å². The maximum Gasteiger partial charge on any atom is 0.251 e. The van der Waals surface area contributed by atoms with E-state index in [1.165, 1.54) is 19.3 Å². The molecule has 3 saturated carbocycles. The normalized spacial score (nSPS) is 38.1. The first-order valence-corrected chi connectivity index (χ1v) is 8.02. The third kappa shape index (κ3) is 1.70. The smallest absolute Gasteiger partial charge is 0.251 e. The predicted molar refractivity (Wildman–Crippen MR) is 77.9 cm³/mol. The van der Waals surface area contributed by atoms with Crippen LogP contribution in [0.15, 0.2) is 22.7 Å². The first-order chi connectivity index (χ1) is 9.16. The van der Waals surface area contributed by atoms with Crippen molar-refractivity contribution in [2.24, 2.45) is 23.7 Å². The van der Waals surface area contributed by atoms with Crippen LogP contribution in [-0.4, -0.2) is 11.9 Å². The van der Waals surface area contributed by atoms with Crippen molar-refractivity contribution in [3.05, 3.63) is 33.8 Å². The fraction of sp³-hybridized carbons (Fsp3) is 0.562. The van der Waals surface area contributed by atoms with Gasteiger partial charge in [-0.3, -0.25) is 4.79 Å². The van der Waals surface area contributed by atoms with Gasteiger partial charge < -0.3 is 5.32 Å². The maximum absolute atomic E-state index is 12.4. The quantitative estimate of drug-likeness (QED) is 0.887. The Bertz CT molecular complexity index is 540. The summed E-state index contributed by atoms with van der Waals surface area (Å²) in [5.41, 5.74) is 1.85. The second kappa shape index (κ2) is 4.08. The number of carbonyl (C=O) groups is 1. The fourth-order valence-corrected chi connectivity index (χ4v) is 4.97. The molecule has 3 heteroatoms. The van der Waals surface area contributed by atoms with Crippen molar-refractivity contribution >= 4 is 21.8 Å². The van der Waals surface area contributed by atoms with Gasteiger partial charge in [-0.15, -0.1) is 0 Å². The molecule has 4 rings (SSSR count). The number of halogens is 1. The molecule has 0 spiro atoms. The zero-order valence-electron chi connectivity index (χ0n) is 11.0. The van der Waals surface area contributed by atoms with Gasteiger partial charge in [0, 0.05) is 16.1 Å². The van der Waals surface area contributed by atoms with E-state index in [1.54, 1.807) is 0 Å². The summed E-state index contributed by atoms with van der Waals surface area (Å²) in [5, 5.41) is 3.28. The molecule has 1 aromatic carbocycles. The third-order valence-electron chi connectivity index (χ3n) is 5.55. The molecule has 0 saturated heterocycles. The van der Waals surface area contributed by atoms with Crippen LogP contribution in [0.3, 0.4) is 0 Å². The molecule has 3 fully saturated rings. The molecule has 1 aromatic rings. The number of hydrogen-bond acceptors (Lipinski definition) is 1. The van der Waals surface area contributed by atoms with Gasteiger partial charge in [0.15, 0.2) is 0 Å². The van der Waals surface area contributed by atoms with Crippen LogP contribution in [-0.2, 0) is 0 Å². The minimum atomic E-state index is 0.109. The summed E-state index contributed by atoms with van der Waals surface area (Å²) in [6, 6.07) is 6.31.